The van der Waals surface area contributed by atoms with Crippen molar-refractivity contribution in [2.75, 3.05) is 11.4 Å². The van der Waals surface area contributed by atoms with Crippen molar-refractivity contribution < 1.29 is 9.59 Å². The second-order valence-electron chi connectivity index (χ2n) is 7.64. The van der Waals surface area contributed by atoms with Gasteiger partial charge in [0.05, 0.1) is 17.1 Å². The van der Waals surface area contributed by atoms with Crippen LogP contribution in [0.15, 0.2) is 48.5 Å². The Kier molecular flexibility index (Phi) is 5.95. The standard InChI is InChI=1S/C24H25N3O2S/c1-16-5-9-19(10-6-16)24-21(30-17(2)26-24)14-22(28)25-15-18-7-11-20(12-8-18)27-13-3-4-23(27)29/h5-12H,3-4,13-15H2,1-2H3,(H,25,28). The predicted octanol–water partition coefficient (Wildman–Crippen LogP) is 4.41. The summed E-state index contributed by atoms with van der Waals surface area (Å²) in [6.07, 6.45) is 1.85. The molecule has 2 amide bonds. The Balaban J connectivity index is 1.37. The second kappa shape index (κ2) is 8.79. The van der Waals surface area contributed by atoms with Crippen LogP contribution in [0.2, 0.25) is 0 Å². The molecular weight excluding hydrogens is 394 g/mol. The third-order valence-electron chi connectivity index (χ3n) is 5.26. The maximum atomic E-state index is 12.6. The van der Waals surface area contributed by atoms with E-state index in [4.69, 9.17) is 0 Å². The summed E-state index contributed by atoms with van der Waals surface area (Å²) in [5.74, 6) is 0.158. The number of nitrogens with one attached hydrogen (secondary N) is 1. The van der Waals surface area contributed by atoms with Gasteiger partial charge in [-0.1, -0.05) is 42.0 Å². The van der Waals surface area contributed by atoms with Gasteiger partial charge in [0.1, 0.15) is 0 Å². The zero-order chi connectivity index (χ0) is 21.1. The van der Waals surface area contributed by atoms with Gasteiger partial charge in [-0.25, -0.2) is 4.98 Å². The lowest BCUT2D eigenvalue weighted by molar-refractivity contribution is -0.120. The minimum absolute atomic E-state index is 0.0224. The number of carbonyl (C=O) groups is 2. The number of thiazole rings is 1. The molecule has 154 valence electrons. The van der Waals surface area contributed by atoms with Gasteiger partial charge in [0.25, 0.3) is 0 Å². The van der Waals surface area contributed by atoms with Crippen LogP contribution in [0.3, 0.4) is 0 Å². The number of hydrogen-bond acceptors (Lipinski definition) is 4. The Bertz CT molecular complexity index is 1060. The van der Waals surface area contributed by atoms with Gasteiger partial charge in [0, 0.05) is 35.6 Å². The number of anilines is 1. The van der Waals surface area contributed by atoms with E-state index in [1.165, 1.54) is 5.56 Å². The van der Waals surface area contributed by atoms with Crippen molar-refractivity contribution >= 4 is 28.8 Å². The highest BCUT2D eigenvalue weighted by Crippen LogP contribution is 2.29. The number of hydrogen-bond donors (Lipinski definition) is 1. The molecule has 30 heavy (non-hydrogen) atoms. The highest BCUT2D eigenvalue weighted by Gasteiger charge is 2.21. The topological polar surface area (TPSA) is 62.3 Å². The van der Waals surface area contributed by atoms with Gasteiger partial charge in [-0.05, 0) is 38.0 Å². The first-order valence-corrected chi connectivity index (χ1v) is 11.0. The summed E-state index contributed by atoms with van der Waals surface area (Å²) in [5.41, 5.74) is 5.07. The number of aromatic nitrogens is 1. The Morgan fingerprint density at radius 2 is 1.83 bits per heavy atom. The average Bonchev–Trinajstić information content (AvgIpc) is 3.32. The fourth-order valence-electron chi connectivity index (χ4n) is 3.65. The van der Waals surface area contributed by atoms with Gasteiger partial charge in [0.15, 0.2) is 0 Å². The van der Waals surface area contributed by atoms with Crippen molar-refractivity contribution in [3.8, 4) is 11.3 Å². The molecule has 1 aliphatic rings. The molecule has 0 saturated carbocycles. The molecule has 4 rings (SSSR count). The first kappa shape index (κ1) is 20.3. The van der Waals surface area contributed by atoms with E-state index in [2.05, 4.69) is 41.5 Å². The van der Waals surface area contributed by atoms with Gasteiger partial charge < -0.3 is 10.2 Å². The minimum Gasteiger partial charge on any atom is -0.352 e. The highest BCUT2D eigenvalue weighted by molar-refractivity contribution is 7.12. The quantitative estimate of drug-likeness (QED) is 0.644. The lowest BCUT2D eigenvalue weighted by atomic mass is 10.1. The fourth-order valence-corrected chi connectivity index (χ4v) is 4.61. The molecule has 0 spiro atoms. The van der Waals surface area contributed by atoms with Gasteiger partial charge in [-0.3, -0.25) is 9.59 Å². The zero-order valence-corrected chi connectivity index (χ0v) is 18.1. The van der Waals surface area contributed by atoms with Crippen molar-refractivity contribution in [2.24, 2.45) is 0 Å². The summed E-state index contributed by atoms with van der Waals surface area (Å²) in [5, 5.41) is 3.96. The van der Waals surface area contributed by atoms with E-state index in [9.17, 15) is 9.59 Å². The molecule has 1 saturated heterocycles. The smallest absolute Gasteiger partial charge is 0.227 e. The van der Waals surface area contributed by atoms with Gasteiger partial charge >= 0.3 is 0 Å². The number of aryl methyl sites for hydroxylation is 2. The van der Waals surface area contributed by atoms with Crippen LogP contribution < -0.4 is 10.2 Å². The van der Waals surface area contributed by atoms with E-state index in [1.54, 1.807) is 11.3 Å². The minimum atomic E-state index is -0.0224. The third-order valence-corrected chi connectivity index (χ3v) is 6.23. The Hall–Kier alpha value is -2.99. The molecule has 1 N–H and O–H groups in total. The summed E-state index contributed by atoms with van der Waals surface area (Å²) >= 11 is 1.57. The Morgan fingerprint density at radius 3 is 2.50 bits per heavy atom. The number of rotatable bonds is 6. The number of carbonyl (C=O) groups excluding carboxylic acids is 2. The molecule has 2 heterocycles. The summed E-state index contributed by atoms with van der Waals surface area (Å²) in [6, 6.07) is 16.1. The van der Waals surface area contributed by atoms with E-state index in [1.807, 2.05) is 36.1 Å². The average molecular weight is 420 g/mol. The number of nitrogens with zero attached hydrogens (tertiary/aromatic N) is 2. The van der Waals surface area contributed by atoms with Crippen LogP contribution in [0.1, 0.15) is 33.9 Å². The van der Waals surface area contributed by atoms with E-state index < -0.39 is 0 Å². The molecule has 0 radical (unpaired) electrons. The molecule has 3 aromatic rings. The van der Waals surface area contributed by atoms with Crippen LogP contribution in [0, 0.1) is 13.8 Å². The van der Waals surface area contributed by atoms with Crippen molar-refractivity contribution in [3.63, 3.8) is 0 Å². The first-order valence-electron chi connectivity index (χ1n) is 10.2. The van der Waals surface area contributed by atoms with Crippen molar-refractivity contribution in [1.82, 2.24) is 10.3 Å². The van der Waals surface area contributed by atoms with Gasteiger partial charge in [0.2, 0.25) is 11.8 Å². The molecule has 1 aliphatic heterocycles. The zero-order valence-electron chi connectivity index (χ0n) is 17.3. The summed E-state index contributed by atoms with van der Waals surface area (Å²) in [7, 11) is 0. The molecule has 5 nitrogen and oxygen atoms in total. The first-order chi connectivity index (χ1) is 14.5. The summed E-state index contributed by atoms with van der Waals surface area (Å²) in [6.45, 7) is 5.27. The van der Waals surface area contributed by atoms with Crippen molar-refractivity contribution in [3.05, 3.63) is 69.5 Å². The molecular formula is C24H25N3O2S. The van der Waals surface area contributed by atoms with Crippen LogP contribution >= 0.6 is 11.3 Å². The molecule has 0 bridgehead atoms. The molecule has 1 aromatic heterocycles. The van der Waals surface area contributed by atoms with E-state index in [-0.39, 0.29) is 11.8 Å². The summed E-state index contributed by atoms with van der Waals surface area (Å²) in [4.78, 5) is 31.9. The van der Waals surface area contributed by atoms with Crippen molar-refractivity contribution in [1.29, 1.82) is 0 Å². The van der Waals surface area contributed by atoms with Gasteiger partial charge in [-0.2, -0.15) is 0 Å². The molecule has 2 aromatic carbocycles. The van der Waals surface area contributed by atoms with Crippen molar-refractivity contribution in [2.45, 2.75) is 39.7 Å². The fraction of sp³-hybridized carbons (Fsp3) is 0.292. The largest absolute Gasteiger partial charge is 0.352 e. The van der Waals surface area contributed by atoms with Crippen LogP contribution in [-0.4, -0.2) is 23.3 Å². The van der Waals surface area contributed by atoms with Crippen LogP contribution in [0.25, 0.3) is 11.3 Å². The SMILES string of the molecule is Cc1ccc(-c2nc(C)sc2CC(=O)NCc2ccc(N3CCCC3=O)cc2)cc1. The molecule has 0 unspecified atom stereocenters. The maximum Gasteiger partial charge on any atom is 0.227 e. The van der Waals surface area contributed by atoms with E-state index >= 15 is 0 Å². The Morgan fingerprint density at radius 1 is 1.10 bits per heavy atom. The van der Waals surface area contributed by atoms with Crippen LogP contribution in [0.5, 0.6) is 0 Å². The maximum absolute atomic E-state index is 12.6. The lowest BCUT2D eigenvalue weighted by Gasteiger charge is -2.16. The second-order valence-corrected chi connectivity index (χ2v) is 8.93. The predicted molar refractivity (Wildman–Crippen MR) is 121 cm³/mol. The third kappa shape index (κ3) is 4.60. The molecule has 0 aliphatic carbocycles. The number of amides is 2. The van der Waals surface area contributed by atoms with Crippen LogP contribution in [-0.2, 0) is 22.6 Å². The molecule has 0 atom stereocenters. The monoisotopic (exact) mass is 419 g/mol. The van der Waals surface area contributed by atoms with Gasteiger partial charge in [-0.15, -0.1) is 11.3 Å². The van der Waals surface area contributed by atoms with E-state index in [0.717, 1.165) is 45.4 Å². The van der Waals surface area contributed by atoms with E-state index in [0.29, 0.717) is 19.4 Å². The Labute approximate surface area is 180 Å². The highest BCUT2D eigenvalue weighted by atomic mass is 32.1. The molecule has 1 fully saturated rings. The normalized spacial score (nSPS) is 13.7. The lowest BCUT2D eigenvalue weighted by Crippen LogP contribution is -2.25. The summed E-state index contributed by atoms with van der Waals surface area (Å²) < 4.78 is 0. The number of benzene rings is 2. The molecule has 6 heteroatoms. The van der Waals surface area contributed by atoms with Crippen LogP contribution in [0.4, 0.5) is 5.69 Å².